The minimum atomic E-state index is 0.00616. The van der Waals surface area contributed by atoms with Crippen molar-refractivity contribution in [2.75, 3.05) is 12.4 Å². The van der Waals surface area contributed by atoms with Gasteiger partial charge in [0.2, 0.25) is 5.91 Å². The number of methoxy groups -OCH3 is 1. The number of pyridine rings is 1. The SMILES string of the molecule is CCCCC(=O)Nc1c(-c2cccc(OC)c2)nc2ccccn12. The molecule has 1 aromatic carbocycles. The number of aromatic nitrogens is 2. The molecule has 0 bridgehead atoms. The number of imidazole rings is 1. The number of nitrogens with one attached hydrogen (secondary N) is 1. The summed E-state index contributed by atoms with van der Waals surface area (Å²) in [4.78, 5) is 16.9. The highest BCUT2D eigenvalue weighted by atomic mass is 16.5. The van der Waals surface area contributed by atoms with Gasteiger partial charge in [0, 0.05) is 18.2 Å². The van der Waals surface area contributed by atoms with Crippen molar-refractivity contribution in [2.45, 2.75) is 26.2 Å². The van der Waals surface area contributed by atoms with Gasteiger partial charge in [0.1, 0.15) is 22.9 Å². The first-order valence-electron chi connectivity index (χ1n) is 8.14. The Kier molecular flexibility index (Phi) is 4.79. The van der Waals surface area contributed by atoms with E-state index in [0.717, 1.165) is 35.5 Å². The number of hydrogen-bond acceptors (Lipinski definition) is 3. The van der Waals surface area contributed by atoms with Crippen molar-refractivity contribution in [1.82, 2.24) is 9.38 Å². The highest BCUT2D eigenvalue weighted by Crippen LogP contribution is 2.31. The van der Waals surface area contributed by atoms with E-state index in [9.17, 15) is 4.79 Å². The summed E-state index contributed by atoms with van der Waals surface area (Å²) in [6.45, 7) is 2.07. The van der Waals surface area contributed by atoms with Crippen molar-refractivity contribution in [3.05, 3.63) is 48.7 Å². The normalized spacial score (nSPS) is 10.8. The summed E-state index contributed by atoms with van der Waals surface area (Å²) >= 11 is 0. The standard InChI is InChI=1S/C19H21N3O2/c1-3-4-11-17(23)21-19-18(14-8-7-9-15(13-14)24-2)20-16-10-5-6-12-22(16)19/h5-10,12-13H,3-4,11H2,1-2H3,(H,21,23). The molecule has 3 aromatic rings. The summed E-state index contributed by atoms with van der Waals surface area (Å²) in [7, 11) is 1.64. The van der Waals surface area contributed by atoms with Crippen LogP contribution in [0, 0.1) is 0 Å². The van der Waals surface area contributed by atoms with Gasteiger partial charge in [0.25, 0.3) is 0 Å². The largest absolute Gasteiger partial charge is 0.497 e. The predicted molar refractivity (Wildman–Crippen MR) is 95.3 cm³/mol. The molecule has 2 aromatic heterocycles. The number of amides is 1. The summed E-state index contributed by atoms with van der Waals surface area (Å²) in [5.74, 6) is 1.46. The van der Waals surface area contributed by atoms with Crippen LogP contribution in [-0.2, 0) is 4.79 Å². The summed E-state index contributed by atoms with van der Waals surface area (Å²) in [5, 5.41) is 3.03. The second kappa shape index (κ2) is 7.17. The number of benzene rings is 1. The number of unbranched alkanes of at least 4 members (excludes halogenated alkanes) is 1. The van der Waals surface area contributed by atoms with Gasteiger partial charge in [-0.2, -0.15) is 0 Å². The first kappa shape index (κ1) is 16.1. The Balaban J connectivity index is 2.06. The first-order valence-corrected chi connectivity index (χ1v) is 8.14. The van der Waals surface area contributed by atoms with Gasteiger partial charge in [-0.25, -0.2) is 4.98 Å². The van der Waals surface area contributed by atoms with Crippen molar-refractivity contribution in [3.63, 3.8) is 0 Å². The highest BCUT2D eigenvalue weighted by molar-refractivity contribution is 5.94. The lowest BCUT2D eigenvalue weighted by molar-refractivity contribution is -0.116. The molecule has 3 rings (SSSR count). The molecule has 1 amide bonds. The van der Waals surface area contributed by atoms with E-state index in [1.165, 1.54) is 0 Å². The number of ether oxygens (including phenoxy) is 1. The molecule has 0 atom stereocenters. The van der Waals surface area contributed by atoms with E-state index in [2.05, 4.69) is 17.2 Å². The van der Waals surface area contributed by atoms with Crippen LogP contribution < -0.4 is 10.1 Å². The van der Waals surface area contributed by atoms with Gasteiger partial charge in [-0.15, -0.1) is 0 Å². The maximum Gasteiger partial charge on any atom is 0.225 e. The van der Waals surface area contributed by atoms with Crippen LogP contribution in [0.25, 0.3) is 16.9 Å². The second-order valence-electron chi connectivity index (χ2n) is 5.62. The van der Waals surface area contributed by atoms with Gasteiger partial charge in [-0.05, 0) is 30.7 Å². The van der Waals surface area contributed by atoms with E-state index in [-0.39, 0.29) is 5.91 Å². The lowest BCUT2D eigenvalue weighted by Crippen LogP contribution is -2.13. The third-order valence-corrected chi connectivity index (χ3v) is 3.89. The van der Waals surface area contributed by atoms with Crippen LogP contribution in [0.4, 0.5) is 5.82 Å². The zero-order valence-corrected chi connectivity index (χ0v) is 14.0. The topological polar surface area (TPSA) is 55.6 Å². The van der Waals surface area contributed by atoms with Crippen molar-refractivity contribution in [1.29, 1.82) is 0 Å². The Morgan fingerprint density at radius 3 is 2.92 bits per heavy atom. The van der Waals surface area contributed by atoms with Gasteiger partial charge in [0.15, 0.2) is 0 Å². The van der Waals surface area contributed by atoms with Gasteiger partial charge in [-0.3, -0.25) is 9.20 Å². The molecule has 124 valence electrons. The second-order valence-corrected chi connectivity index (χ2v) is 5.62. The van der Waals surface area contributed by atoms with Crippen LogP contribution in [0.5, 0.6) is 5.75 Å². The molecule has 0 saturated heterocycles. The van der Waals surface area contributed by atoms with Gasteiger partial charge >= 0.3 is 0 Å². The van der Waals surface area contributed by atoms with Crippen molar-refractivity contribution >= 4 is 17.4 Å². The molecule has 0 aliphatic rings. The molecule has 5 heteroatoms. The van der Waals surface area contributed by atoms with Crippen LogP contribution in [0.2, 0.25) is 0 Å². The van der Waals surface area contributed by atoms with E-state index in [1.807, 2.05) is 53.1 Å². The molecular formula is C19H21N3O2. The molecular weight excluding hydrogens is 302 g/mol. The Labute approximate surface area is 141 Å². The highest BCUT2D eigenvalue weighted by Gasteiger charge is 2.16. The summed E-state index contributed by atoms with van der Waals surface area (Å²) in [5.41, 5.74) is 2.44. The number of rotatable bonds is 6. The van der Waals surface area contributed by atoms with Crippen LogP contribution in [0.15, 0.2) is 48.7 Å². The minimum Gasteiger partial charge on any atom is -0.497 e. The molecule has 5 nitrogen and oxygen atoms in total. The minimum absolute atomic E-state index is 0.00616. The molecule has 0 aliphatic heterocycles. The molecule has 0 radical (unpaired) electrons. The van der Waals surface area contributed by atoms with E-state index in [1.54, 1.807) is 7.11 Å². The van der Waals surface area contributed by atoms with Crippen molar-refractivity contribution in [3.8, 4) is 17.0 Å². The summed E-state index contributed by atoms with van der Waals surface area (Å²) in [6, 6.07) is 13.5. The molecule has 2 heterocycles. The molecule has 0 unspecified atom stereocenters. The lowest BCUT2D eigenvalue weighted by atomic mass is 10.1. The van der Waals surface area contributed by atoms with Crippen LogP contribution in [0.3, 0.4) is 0 Å². The number of carbonyl (C=O) groups is 1. The maximum absolute atomic E-state index is 12.2. The molecule has 0 spiro atoms. The van der Waals surface area contributed by atoms with Gasteiger partial charge in [-0.1, -0.05) is 31.5 Å². The number of carbonyl (C=O) groups excluding carboxylic acids is 1. The molecule has 0 saturated carbocycles. The fourth-order valence-electron chi connectivity index (χ4n) is 2.62. The molecule has 0 aliphatic carbocycles. The van der Waals surface area contributed by atoms with Crippen LogP contribution >= 0.6 is 0 Å². The predicted octanol–water partition coefficient (Wildman–Crippen LogP) is 4.14. The lowest BCUT2D eigenvalue weighted by Gasteiger charge is -2.08. The molecule has 0 fully saturated rings. The van der Waals surface area contributed by atoms with Gasteiger partial charge in [0.05, 0.1) is 7.11 Å². The Bertz CT molecular complexity index is 855. The Hall–Kier alpha value is -2.82. The maximum atomic E-state index is 12.2. The first-order chi connectivity index (χ1) is 11.7. The Morgan fingerprint density at radius 2 is 2.12 bits per heavy atom. The van der Waals surface area contributed by atoms with E-state index in [4.69, 9.17) is 4.74 Å². The zero-order chi connectivity index (χ0) is 16.9. The van der Waals surface area contributed by atoms with Crippen molar-refractivity contribution < 1.29 is 9.53 Å². The molecule has 1 N–H and O–H groups in total. The number of hydrogen-bond donors (Lipinski definition) is 1. The zero-order valence-electron chi connectivity index (χ0n) is 14.0. The van der Waals surface area contributed by atoms with Crippen LogP contribution in [-0.4, -0.2) is 22.4 Å². The number of nitrogens with zero attached hydrogens (tertiary/aromatic N) is 2. The quantitative estimate of drug-likeness (QED) is 0.742. The smallest absolute Gasteiger partial charge is 0.225 e. The van der Waals surface area contributed by atoms with Gasteiger partial charge < -0.3 is 10.1 Å². The van der Waals surface area contributed by atoms with Crippen molar-refractivity contribution in [2.24, 2.45) is 0 Å². The Morgan fingerprint density at radius 1 is 1.25 bits per heavy atom. The van der Waals surface area contributed by atoms with E-state index < -0.39 is 0 Å². The fourth-order valence-corrected chi connectivity index (χ4v) is 2.62. The van der Waals surface area contributed by atoms with E-state index in [0.29, 0.717) is 12.2 Å². The fraction of sp³-hybridized carbons (Fsp3) is 0.263. The van der Waals surface area contributed by atoms with Crippen LogP contribution in [0.1, 0.15) is 26.2 Å². The third-order valence-electron chi connectivity index (χ3n) is 3.89. The van der Waals surface area contributed by atoms with E-state index >= 15 is 0 Å². The number of fused-ring (bicyclic) bond motifs is 1. The summed E-state index contributed by atoms with van der Waals surface area (Å²) < 4.78 is 7.20. The number of anilines is 1. The monoisotopic (exact) mass is 323 g/mol. The average Bonchev–Trinajstić information content (AvgIpc) is 2.98. The molecule has 24 heavy (non-hydrogen) atoms. The average molecular weight is 323 g/mol. The third kappa shape index (κ3) is 3.25. The summed E-state index contributed by atoms with van der Waals surface area (Å²) in [6.07, 6.45) is 4.27.